The second-order valence-electron chi connectivity index (χ2n) is 8.16. The summed E-state index contributed by atoms with van der Waals surface area (Å²) in [4.78, 5) is 38.9. The minimum Gasteiger partial charge on any atom is -0.423 e. The Bertz CT molecular complexity index is 1270. The van der Waals surface area contributed by atoms with Crippen LogP contribution in [0.4, 0.5) is 18.9 Å². The van der Waals surface area contributed by atoms with E-state index < -0.39 is 35.4 Å². The number of nitrogens with zero attached hydrogens (tertiary/aromatic N) is 1. The zero-order valence-electron chi connectivity index (χ0n) is 18.0. The van der Waals surface area contributed by atoms with Gasteiger partial charge < -0.3 is 20.4 Å². The van der Waals surface area contributed by atoms with Crippen LogP contribution in [0.3, 0.4) is 0 Å². The fourth-order valence-electron chi connectivity index (χ4n) is 4.17. The third kappa shape index (κ3) is 4.96. The maximum Gasteiger partial charge on any atom is 0.417 e. The van der Waals surface area contributed by atoms with Crippen molar-refractivity contribution in [2.24, 2.45) is 5.73 Å². The van der Waals surface area contributed by atoms with Crippen molar-refractivity contribution in [2.75, 3.05) is 11.9 Å². The van der Waals surface area contributed by atoms with Crippen molar-refractivity contribution in [3.05, 3.63) is 76.1 Å². The smallest absolute Gasteiger partial charge is 0.417 e. The number of hydrogen-bond donors (Lipinski definition) is 2. The van der Waals surface area contributed by atoms with Crippen molar-refractivity contribution in [2.45, 2.75) is 37.5 Å². The molecule has 2 atom stereocenters. The molecule has 1 aliphatic rings. The van der Waals surface area contributed by atoms with E-state index in [2.05, 4.69) is 5.32 Å². The molecule has 2 amide bonds. The summed E-state index contributed by atoms with van der Waals surface area (Å²) < 4.78 is 44.6. The lowest BCUT2D eigenvalue weighted by molar-refractivity contribution is -0.137. The number of anilines is 1. The molecule has 2 aromatic carbocycles. The zero-order valence-corrected chi connectivity index (χ0v) is 18.0. The largest absolute Gasteiger partial charge is 0.423 e. The SMILES string of the molecule is N[C@@H](Cc1ccccc1)C(=O)N1CCC[C@H]1C(=O)Nc1ccc2c(C(F)(F)F)cc(=O)oc2c1. The van der Waals surface area contributed by atoms with Gasteiger partial charge in [-0.05, 0) is 37.0 Å². The van der Waals surface area contributed by atoms with Crippen LogP contribution in [-0.4, -0.2) is 35.3 Å². The minimum absolute atomic E-state index is 0.146. The molecule has 0 saturated carbocycles. The number of nitrogens with one attached hydrogen (secondary N) is 1. The molecule has 4 rings (SSSR count). The molecule has 34 heavy (non-hydrogen) atoms. The predicted octanol–water partition coefficient (Wildman–Crippen LogP) is 3.31. The molecule has 0 spiro atoms. The van der Waals surface area contributed by atoms with Crippen LogP contribution < -0.4 is 16.7 Å². The van der Waals surface area contributed by atoms with Gasteiger partial charge >= 0.3 is 11.8 Å². The maximum absolute atomic E-state index is 13.2. The van der Waals surface area contributed by atoms with Crippen molar-refractivity contribution < 1.29 is 27.2 Å². The van der Waals surface area contributed by atoms with Gasteiger partial charge in [0.15, 0.2) is 0 Å². The summed E-state index contributed by atoms with van der Waals surface area (Å²) >= 11 is 0. The van der Waals surface area contributed by atoms with Gasteiger partial charge in [-0.25, -0.2) is 4.79 Å². The summed E-state index contributed by atoms with van der Waals surface area (Å²) in [6.45, 7) is 0.376. The number of rotatable bonds is 5. The standard InChI is InChI=1S/C24H22F3N3O4/c25-24(26,27)17-13-21(31)34-20-12-15(8-9-16(17)20)29-22(32)19-7-4-10-30(19)23(33)18(28)11-14-5-2-1-3-6-14/h1-3,5-6,8-9,12-13,18-19H,4,7,10-11,28H2,(H,29,32)/t18-,19-/m0/s1. The molecule has 0 radical (unpaired) electrons. The number of carbonyl (C=O) groups is 2. The van der Waals surface area contributed by atoms with E-state index in [0.29, 0.717) is 31.9 Å². The van der Waals surface area contributed by atoms with Crippen LogP contribution in [0.1, 0.15) is 24.0 Å². The first-order valence-corrected chi connectivity index (χ1v) is 10.7. The molecule has 0 unspecified atom stereocenters. The Kier molecular flexibility index (Phi) is 6.43. The predicted molar refractivity (Wildman–Crippen MR) is 119 cm³/mol. The van der Waals surface area contributed by atoms with Crippen LogP contribution in [0.2, 0.25) is 0 Å². The monoisotopic (exact) mass is 473 g/mol. The molecular weight excluding hydrogens is 451 g/mol. The molecule has 1 fully saturated rings. The molecule has 10 heteroatoms. The van der Waals surface area contributed by atoms with E-state index in [0.717, 1.165) is 17.7 Å². The number of amides is 2. The lowest BCUT2D eigenvalue weighted by Gasteiger charge is -2.26. The Balaban J connectivity index is 1.50. The van der Waals surface area contributed by atoms with Gasteiger partial charge in [-0.2, -0.15) is 13.2 Å². The van der Waals surface area contributed by atoms with Crippen LogP contribution in [0, 0.1) is 0 Å². The highest BCUT2D eigenvalue weighted by molar-refractivity contribution is 5.99. The molecule has 3 aromatic rings. The summed E-state index contributed by atoms with van der Waals surface area (Å²) in [7, 11) is 0. The highest BCUT2D eigenvalue weighted by Crippen LogP contribution is 2.34. The lowest BCUT2D eigenvalue weighted by atomic mass is 10.1. The number of halogens is 3. The Morgan fingerprint density at radius 3 is 2.59 bits per heavy atom. The molecule has 0 aliphatic carbocycles. The lowest BCUT2D eigenvalue weighted by Crippen LogP contribution is -2.50. The van der Waals surface area contributed by atoms with Crippen molar-refractivity contribution in [3.8, 4) is 0 Å². The number of nitrogens with two attached hydrogens (primary N) is 1. The summed E-state index contributed by atoms with van der Waals surface area (Å²) in [5, 5.41) is 2.31. The molecule has 2 heterocycles. The van der Waals surface area contributed by atoms with E-state index in [-0.39, 0.29) is 22.6 Å². The van der Waals surface area contributed by atoms with Crippen LogP contribution >= 0.6 is 0 Å². The number of carbonyl (C=O) groups excluding carboxylic acids is 2. The zero-order chi connectivity index (χ0) is 24.5. The Hall–Kier alpha value is -3.66. The van der Waals surface area contributed by atoms with Gasteiger partial charge in [0.2, 0.25) is 11.8 Å². The molecule has 1 aromatic heterocycles. The first-order valence-electron chi connectivity index (χ1n) is 10.7. The molecular formula is C24H22F3N3O4. The molecule has 178 valence electrons. The number of hydrogen-bond acceptors (Lipinski definition) is 5. The van der Waals surface area contributed by atoms with Crippen molar-refractivity contribution in [3.63, 3.8) is 0 Å². The molecule has 1 aliphatic heterocycles. The van der Waals surface area contributed by atoms with Crippen LogP contribution in [0.15, 0.2) is 63.8 Å². The van der Waals surface area contributed by atoms with Gasteiger partial charge in [0.05, 0.1) is 11.6 Å². The van der Waals surface area contributed by atoms with Gasteiger partial charge in [0.1, 0.15) is 11.6 Å². The maximum atomic E-state index is 13.2. The fraction of sp³-hybridized carbons (Fsp3) is 0.292. The number of fused-ring (bicyclic) bond motifs is 1. The van der Waals surface area contributed by atoms with Gasteiger partial charge in [-0.15, -0.1) is 0 Å². The van der Waals surface area contributed by atoms with E-state index in [4.69, 9.17) is 10.2 Å². The minimum atomic E-state index is -4.73. The number of alkyl halides is 3. The molecule has 1 saturated heterocycles. The van der Waals surface area contributed by atoms with Gasteiger partial charge in [-0.3, -0.25) is 9.59 Å². The van der Waals surface area contributed by atoms with E-state index in [9.17, 15) is 27.6 Å². The first kappa shape index (κ1) is 23.5. The molecule has 0 bridgehead atoms. The Labute approximate surface area is 192 Å². The molecule has 7 nitrogen and oxygen atoms in total. The highest BCUT2D eigenvalue weighted by atomic mass is 19.4. The van der Waals surface area contributed by atoms with Crippen LogP contribution in [0.25, 0.3) is 11.0 Å². The highest BCUT2D eigenvalue weighted by Gasteiger charge is 2.37. The van der Waals surface area contributed by atoms with Crippen LogP contribution in [0.5, 0.6) is 0 Å². The quantitative estimate of drug-likeness (QED) is 0.553. The van der Waals surface area contributed by atoms with E-state index >= 15 is 0 Å². The second-order valence-corrected chi connectivity index (χ2v) is 8.16. The van der Waals surface area contributed by atoms with Crippen molar-refractivity contribution in [1.29, 1.82) is 0 Å². The number of benzene rings is 2. The van der Waals surface area contributed by atoms with E-state index in [1.165, 1.54) is 11.0 Å². The summed E-state index contributed by atoms with van der Waals surface area (Å²) in [6.07, 6.45) is -3.36. The van der Waals surface area contributed by atoms with E-state index in [1.54, 1.807) is 0 Å². The fourth-order valence-corrected chi connectivity index (χ4v) is 4.17. The van der Waals surface area contributed by atoms with Crippen LogP contribution in [-0.2, 0) is 22.2 Å². The second kappa shape index (κ2) is 9.30. The average Bonchev–Trinajstić information content (AvgIpc) is 3.28. The van der Waals surface area contributed by atoms with Gasteiger partial charge in [0, 0.05) is 29.8 Å². The van der Waals surface area contributed by atoms with Crippen molar-refractivity contribution in [1.82, 2.24) is 4.90 Å². The van der Waals surface area contributed by atoms with Crippen molar-refractivity contribution >= 4 is 28.5 Å². The normalized spacial score (nSPS) is 17.1. The van der Waals surface area contributed by atoms with Gasteiger partial charge in [-0.1, -0.05) is 30.3 Å². The summed E-state index contributed by atoms with van der Waals surface area (Å²) in [6, 6.07) is 11.7. The van der Waals surface area contributed by atoms with Gasteiger partial charge in [0.25, 0.3) is 0 Å². The average molecular weight is 473 g/mol. The topological polar surface area (TPSA) is 106 Å². The van der Waals surface area contributed by atoms with E-state index in [1.807, 2.05) is 30.3 Å². The summed E-state index contributed by atoms with van der Waals surface area (Å²) in [5.74, 6) is -0.840. The Morgan fingerprint density at radius 2 is 1.88 bits per heavy atom. The number of likely N-dealkylation sites (tertiary alicyclic amines) is 1. The Morgan fingerprint density at radius 1 is 1.15 bits per heavy atom. The summed E-state index contributed by atoms with van der Waals surface area (Å²) in [5.41, 5.74) is 4.59. The molecule has 3 N–H and O–H groups in total. The third-order valence-electron chi connectivity index (χ3n) is 5.77. The first-order chi connectivity index (χ1) is 16.1. The third-order valence-corrected chi connectivity index (χ3v) is 5.77.